The molecule has 0 aromatic rings. The number of hydrogen-bond acceptors (Lipinski definition) is 5. The second-order valence-corrected chi connectivity index (χ2v) is 7.66. The average molecular weight is 342 g/mol. The van der Waals surface area contributed by atoms with Gasteiger partial charge >= 0.3 is 11.9 Å². The Morgan fingerprint density at radius 3 is 2.29 bits per heavy atom. The first kappa shape index (κ1) is 19.2. The van der Waals surface area contributed by atoms with Crippen molar-refractivity contribution in [1.82, 2.24) is 0 Å². The maximum atomic E-state index is 12.4. The predicted molar refractivity (Wildman–Crippen MR) is 88.7 cm³/mol. The first-order valence-electron chi connectivity index (χ1n) is 9.14. The molecule has 2 fully saturated rings. The number of ether oxygens (including phenoxy) is 3. The van der Waals surface area contributed by atoms with Gasteiger partial charge in [-0.2, -0.15) is 0 Å². The molecule has 6 nitrogen and oxygen atoms in total. The molecular formula is C18H32NO5+. The zero-order chi connectivity index (χ0) is 17.8. The van der Waals surface area contributed by atoms with Crippen molar-refractivity contribution < 1.29 is 28.7 Å². The Kier molecular flexibility index (Phi) is 6.26. The molecule has 1 N–H and O–H groups in total. The van der Waals surface area contributed by atoms with Crippen LogP contribution in [0.1, 0.15) is 53.4 Å². The lowest BCUT2D eigenvalue weighted by atomic mass is 9.69. The van der Waals surface area contributed by atoms with E-state index in [1.54, 1.807) is 13.8 Å². The summed E-state index contributed by atoms with van der Waals surface area (Å²) in [6.45, 7) is 10.6. The molecule has 2 aliphatic heterocycles. The van der Waals surface area contributed by atoms with Gasteiger partial charge < -0.3 is 19.1 Å². The number of carbonyl (C=O) groups excluding carboxylic acids is 2. The summed E-state index contributed by atoms with van der Waals surface area (Å²) < 4.78 is 16.2. The van der Waals surface area contributed by atoms with Crippen molar-refractivity contribution in [3.05, 3.63) is 0 Å². The van der Waals surface area contributed by atoms with Gasteiger partial charge in [0.25, 0.3) is 6.04 Å². The minimum atomic E-state index is -0.868. The number of carbonyl (C=O) groups is 2. The van der Waals surface area contributed by atoms with Crippen molar-refractivity contribution in [2.45, 2.75) is 65.0 Å². The third kappa shape index (κ3) is 4.48. The van der Waals surface area contributed by atoms with Crippen molar-refractivity contribution in [1.29, 1.82) is 0 Å². The largest absolute Gasteiger partial charge is 0.461 e. The molecule has 138 valence electrons. The molecule has 0 aliphatic carbocycles. The first-order chi connectivity index (χ1) is 11.3. The van der Waals surface area contributed by atoms with Crippen LogP contribution >= 0.6 is 0 Å². The van der Waals surface area contributed by atoms with E-state index in [0.29, 0.717) is 0 Å². The third-order valence-electron chi connectivity index (χ3n) is 5.19. The van der Waals surface area contributed by atoms with Crippen LogP contribution in [0.4, 0.5) is 0 Å². The second-order valence-electron chi connectivity index (χ2n) is 7.66. The van der Waals surface area contributed by atoms with Crippen LogP contribution in [0.25, 0.3) is 0 Å². The van der Waals surface area contributed by atoms with Gasteiger partial charge in [0, 0.05) is 12.0 Å². The van der Waals surface area contributed by atoms with Gasteiger partial charge in [0.2, 0.25) is 0 Å². The standard InChI is InChI=1S/C18H31NO5/c1-5-22-15(20)14(16(21)23-6-2)19-10-7-8-18(13-19)9-11-24-17(3,4)12-18/h14H,5-13H2,1-4H3/p+1/t18-/m1/s1. The van der Waals surface area contributed by atoms with Gasteiger partial charge in [-0.1, -0.05) is 0 Å². The summed E-state index contributed by atoms with van der Waals surface area (Å²) in [5.74, 6) is -0.927. The molecule has 0 radical (unpaired) electrons. The first-order valence-corrected chi connectivity index (χ1v) is 9.14. The van der Waals surface area contributed by atoms with Crippen molar-refractivity contribution >= 4 is 11.9 Å². The number of esters is 2. The van der Waals surface area contributed by atoms with Crippen molar-refractivity contribution in [2.75, 3.05) is 32.9 Å². The zero-order valence-electron chi connectivity index (χ0n) is 15.5. The second kappa shape index (κ2) is 7.83. The quantitative estimate of drug-likeness (QED) is 0.590. The Hall–Kier alpha value is -1.14. The molecule has 2 rings (SSSR count). The van der Waals surface area contributed by atoms with Crippen LogP contribution in [0.2, 0.25) is 0 Å². The smallest absolute Gasteiger partial charge is 0.377 e. The molecule has 0 aromatic heterocycles. The van der Waals surface area contributed by atoms with E-state index in [4.69, 9.17) is 14.2 Å². The lowest BCUT2D eigenvalue weighted by Crippen LogP contribution is -3.20. The molecule has 0 saturated carbocycles. The van der Waals surface area contributed by atoms with Crippen LogP contribution in [0.5, 0.6) is 0 Å². The number of nitrogens with one attached hydrogen (secondary N) is 1. The highest BCUT2D eigenvalue weighted by Crippen LogP contribution is 2.42. The molecule has 2 atom stereocenters. The van der Waals surface area contributed by atoms with Gasteiger partial charge in [-0.05, 0) is 53.4 Å². The molecule has 24 heavy (non-hydrogen) atoms. The van der Waals surface area contributed by atoms with Crippen molar-refractivity contribution in [3.63, 3.8) is 0 Å². The molecule has 2 aliphatic rings. The van der Waals surface area contributed by atoms with Crippen LogP contribution in [0.3, 0.4) is 0 Å². The monoisotopic (exact) mass is 342 g/mol. The van der Waals surface area contributed by atoms with Crippen molar-refractivity contribution in [3.8, 4) is 0 Å². The topological polar surface area (TPSA) is 66.3 Å². The summed E-state index contributed by atoms with van der Waals surface area (Å²) in [6.07, 6.45) is 4.07. The number of likely N-dealkylation sites (tertiary alicyclic amines) is 1. The van der Waals surface area contributed by atoms with E-state index >= 15 is 0 Å². The van der Waals surface area contributed by atoms with Crippen LogP contribution in [0.15, 0.2) is 0 Å². The Balaban J connectivity index is 2.17. The van der Waals surface area contributed by atoms with Crippen LogP contribution in [0, 0.1) is 5.41 Å². The minimum Gasteiger partial charge on any atom is -0.461 e. The van der Waals surface area contributed by atoms with Gasteiger partial charge in [0.05, 0.1) is 31.9 Å². The summed E-state index contributed by atoms with van der Waals surface area (Å²) >= 11 is 0. The molecule has 1 spiro atoms. The number of piperidine rings is 1. The van der Waals surface area contributed by atoms with E-state index in [2.05, 4.69) is 13.8 Å². The number of quaternary nitrogens is 1. The van der Waals surface area contributed by atoms with E-state index in [0.717, 1.165) is 50.3 Å². The summed E-state index contributed by atoms with van der Waals surface area (Å²) in [7, 11) is 0. The highest BCUT2D eigenvalue weighted by atomic mass is 16.6. The number of hydrogen-bond donors (Lipinski definition) is 1. The fourth-order valence-electron chi connectivity index (χ4n) is 4.43. The molecule has 0 amide bonds. The third-order valence-corrected chi connectivity index (χ3v) is 5.19. The lowest BCUT2D eigenvalue weighted by molar-refractivity contribution is -0.921. The summed E-state index contributed by atoms with van der Waals surface area (Å²) in [4.78, 5) is 25.8. The minimum absolute atomic E-state index is 0.132. The highest BCUT2D eigenvalue weighted by molar-refractivity contribution is 5.97. The van der Waals surface area contributed by atoms with Gasteiger partial charge in [-0.15, -0.1) is 0 Å². The van der Waals surface area contributed by atoms with Crippen molar-refractivity contribution in [2.24, 2.45) is 5.41 Å². The molecular weight excluding hydrogens is 310 g/mol. The molecule has 2 heterocycles. The molecule has 6 heteroatoms. The molecule has 1 unspecified atom stereocenters. The van der Waals surface area contributed by atoms with E-state index in [9.17, 15) is 9.59 Å². The SMILES string of the molecule is CCOC(=O)C(C(=O)OCC)[NH+]1CCC[C@]2(CCOC(C)(C)C2)C1. The molecule has 0 aromatic carbocycles. The predicted octanol–water partition coefficient (Wildman–Crippen LogP) is 0.735. The normalized spacial score (nSPS) is 29.5. The summed E-state index contributed by atoms with van der Waals surface area (Å²) in [5.41, 5.74) is -0.0172. The van der Waals surface area contributed by atoms with Crippen LogP contribution in [-0.4, -0.2) is 56.5 Å². The zero-order valence-corrected chi connectivity index (χ0v) is 15.5. The molecule has 0 bridgehead atoms. The van der Waals surface area contributed by atoms with E-state index in [1.165, 1.54) is 0 Å². The maximum absolute atomic E-state index is 12.4. The fraction of sp³-hybridized carbons (Fsp3) is 0.889. The van der Waals surface area contributed by atoms with E-state index in [-0.39, 0.29) is 24.2 Å². The van der Waals surface area contributed by atoms with Gasteiger partial charge in [0.15, 0.2) is 0 Å². The summed E-state index contributed by atoms with van der Waals surface area (Å²) in [6, 6.07) is -0.868. The van der Waals surface area contributed by atoms with Gasteiger partial charge in [-0.3, -0.25) is 0 Å². The van der Waals surface area contributed by atoms with E-state index in [1.807, 2.05) is 0 Å². The van der Waals surface area contributed by atoms with Crippen LogP contribution in [-0.2, 0) is 23.8 Å². The summed E-state index contributed by atoms with van der Waals surface area (Å²) in [5, 5.41) is 0. The Morgan fingerprint density at radius 2 is 1.75 bits per heavy atom. The molecule has 2 saturated heterocycles. The Morgan fingerprint density at radius 1 is 1.12 bits per heavy atom. The van der Waals surface area contributed by atoms with E-state index < -0.39 is 18.0 Å². The Bertz CT molecular complexity index is 442. The highest BCUT2D eigenvalue weighted by Gasteiger charge is 2.50. The fourth-order valence-corrected chi connectivity index (χ4v) is 4.43. The van der Waals surface area contributed by atoms with Gasteiger partial charge in [0.1, 0.15) is 0 Å². The lowest BCUT2D eigenvalue weighted by Gasteiger charge is -2.48. The number of rotatable bonds is 5. The maximum Gasteiger partial charge on any atom is 0.377 e. The average Bonchev–Trinajstić information content (AvgIpc) is 2.46. The van der Waals surface area contributed by atoms with Crippen LogP contribution < -0.4 is 4.90 Å². The Labute approximate surface area is 144 Å². The van der Waals surface area contributed by atoms with Gasteiger partial charge in [-0.25, -0.2) is 9.59 Å².